The van der Waals surface area contributed by atoms with E-state index < -0.39 is 0 Å². The Morgan fingerprint density at radius 2 is 1.81 bits per heavy atom. The lowest BCUT2D eigenvalue weighted by molar-refractivity contribution is 0.299. The summed E-state index contributed by atoms with van der Waals surface area (Å²) >= 11 is 3.41. The van der Waals surface area contributed by atoms with Crippen LogP contribution in [0, 0.1) is 5.82 Å². The fourth-order valence-electron chi connectivity index (χ4n) is 2.92. The maximum atomic E-state index is 14.3. The standard InChI is InChI=1S/C23H29BrFNO/c1-3-14-26(2)15-6-4-5-7-16-27-22-13-10-20(23(25)18-22)17-19-8-11-21(24)12-9-19/h3,8-13,18H,1,4-7,14-17H2,2H3. The van der Waals surface area contributed by atoms with Crippen LogP contribution >= 0.6 is 15.9 Å². The van der Waals surface area contributed by atoms with Gasteiger partial charge in [0, 0.05) is 23.5 Å². The highest BCUT2D eigenvalue weighted by molar-refractivity contribution is 9.10. The number of hydrogen-bond donors (Lipinski definition) is 0. The van der Waals surface area contributed by atoms with Gasteiger partial charge in [-0.15, -0.1) is 6.58 Å². The first kappa shape index (κ1) is 21.6. The molecule has 2 aromatic rings. The van der Waals surface area contributed by atoms with Gasteiger partial charge in [-0.25, -0.2) is 4.39 Å². The molecule has 27 heavy (non-hydrogen) atoms. The molecule has 146 valence electrons. The Balaban J connectivity index is 1.68. The highest BCUT2D eigenvalue weighted by Gasteiger charge is 2.06. The lowest BCUT2D eigenvalue weighted by Crippen LogP contribution is -2.19. The molecule has 4 heteroatoms. The summed E-state index contributed by atoms with van der Waals surface area (Å²) in [5, 5.41) is 0. The molecule has 0 saturated carbocycles. The van der Waals surface area contributed by atoms with Gasteiger partial charge < -0.3 is 9.64 Å². The Morgan fingerprint density at radius 1 is 1.07 bits per heavy atom. The minimum absolute atomic E-state index is 0.208. The first-order valence-corrected chi connectivity index (χ1v) is 10.3. The van der Waals surface area contributed by atoms with Crippen LogP contribution in [0.25, 0.3) is 0 Å². The molecule has 0 atom stereocenters. The lowest BCUT2D eigenvalue weighted by Gasteiger charge is -2.13. The quantitative estimate of drug-likeness (QED) is 0.290. The topological polar surface area (TPSA) is 12.5 Å². The average molecular weight is 434 g/mol. The van der Waals surface area contributed by atoms with Crippen molar-refractivity contribution in [2.24, 2.45) is 0 Å². The van der Waals surface area contributed by atoms with E-state index in [9.17, 15) is 4.39 Å². The third-order valence-corrected chi connectivity index (χ3v) is 5.00. The minimum Gasteiger partial charge on any atom is -0.493 e. The van der Waals surface area contributed by atoms with Gasteiger partial charge in [0.25, 0.3) is 0 Å². The molecule has 2 nitrogen and oxygen atoms in total. The summed E-state index contributed by atoms with van der Waals surface area (Å²) in [6.45, 7) is 6.41. The Labute approximate surface area is 171 Å². The summed E-state index contributed by atoms with van der Waals surface area (Å²) in [4.78, 5) is 2.27. The van der Waals surface area contributed by atoms with E-state index >= 15 is 0 Å². The van der Waals surface area contributed by atoms with E-state index in [-0.39, 0.29) is 5.82 Å². The van der Waals surface area contributed by atoms with Crippen molar-refractivity contribution in [3.63, 3.8) is 0 Å². The van der Waals surface area contributed by atoms with Gasteiger partial charge in [-0.05, 0) is 55.8 Å². The van der Waals surface area contributed by atoms with Crippen molar-refractivity contribution in [2.45, 2.75) is 32.1 Å². The Hall–Kier alpha value is -1.65. The molecule has 0 unspecified atom stereocenters. The highest BCUT2D eigenvalue weighted by Crippen LogP contribution is 2.21. The molecular weight excluding hydrogens is 405 g/mol. The zero-order chi connectivity index (χ0) is 19.5. The lowest BCUT2D eigenvalue weighted by atomic mass is 10.0. The monoisotopic (exact) mass is 433 g/mol. The van der Waals surface area contributed by atoms with E-state index in [1.807, 2.05) is 42.5 Å². The predicted molar refractivity (Wildman–Crippen MR) is 115 cm³/mol. The number of likely N-dealkylation sites (N-methyl/N-ethyl adjacent to an activating group) is 1. The summed E-state index contributed by atoms with van der Waals surface area (Å²) in [7, 11) is 2.11. The average Bonchev–Trinajstić information content (AvgIpc) is 2.65. The molecule has 0 heterocycles. The molecule has 0 amide bonds. The number of unbranched alkanes of at least 4 members (excludes halogenated alkanes) is 3. The van der Waals surface area contributed by atoms with Gasteiger partial charge >= 0.3 is 0 Å². The Bertz CT molecular complexity index is 702. The number of halogens is 2. The van der Waals surface area contributed by atoms with Crippen LogP contribution in [0.1, 0.15) is 36.8 Å². The van der Waals surface area contributed by atoms with Gasteiger partial charge in [-0.1, -0.05) is 53.0 Å². The van der Waals surface area contributed by atoms with Gasteiger partial charge in [-0.3, -0.25) is 0 Å². The van der Waals surface area contributed by atoms with Gasteiger partial charge in [0.1, 0.15) is 11.6 Å². The predicted octanol–water partition coefficient (Wildman–Crippen LogP) is 6.24. The molecule has 2 aromatic carbocycles. The largest absolute Gasteiger partial charge is 0.493 e. The van der Waals surface area contributed by atoms with Crippen molar-refractivity contribution in [2.75, 3.05) is 26.7 Å². The first-order valence-electron chi connectivity index (χ1n) is 9.53. The fourth-order valence-corrected chi connectivity index (χ4v) is 3.19. The second-order valence-corrected chi connectivity index (χ2v) is 7.79. The van der Waals surface area contributed by atoms with Crippen molar-refractivity contribution in [3.05, 3.63) is 76.5 Å². The van der Waals surface area contributed by atoms with Gasteiger partial charge in [-0.2, -0.15) is 0 Å². The second kappa shape index (κ2) is 11.9. The van der Waals surface area contributed by atoms with Crippen LogP contribution in [0.15, 0.2) is 59.6 Å². The normalized spacial score (nSPS) is 11.0. The molecule has 0 aromatic heterocycles. The zero-order valence-electron chi connectivity index (χ0n) is 16.1. The molecule has 0 aliphatic heterocycles. The summed E-state index contributed by atoms with van der Waals surface area (Å²) in [5.41, 5.74) is 1.78. The van der Waals surface area contributed by atoms with Crippen molar-refractivity contribution >= 4 is 15.9 Å². The van der Waals surface area contributed by atoms with Crippen LogP contribution in [-0.4, -0.2) is 31.6 Å². The maximum Gasteiger partial charge on any atom is 0.130 e. The third kappa shape index (κ3) is 8.27. The molecule has 0 aliphatic carbocycles. The maximum absolute atomic E-state index is 14.3. The number of benzene rings is 2. The number of rotatable bonds is 12. The Kier molecular flexibility index (Phi) is 9.57. The van der Waals surface area contributed by atoms with Gasteiger partial charge in [0.05, 0.1) is 6.61 Å². The van der Waals surface area contributed by atoms with Gasteiger partial charge in [0.15, 0.2) is 0 Å². The molecule has 0 spiro atoms. The van der Waals surface area contributed by atoms with E-state index in [1.165, 1.54) is 18.9 Å². The zero-order valence-corrected chi connectivity index (χ0v) is 17.7. The molecule has 0 fully saturated rings. The number of hydrogen-bond acceptors (Lipinski definition) is 2. The van der Waals surface area contributed by atoms with E-state index in [0.29, 0.717) is 24.3 Å². The van der Waals surface area contributed by atoms with Crippen molar-refractivity contribution in [3.8, 4) is 5.75 Å². The van der Waals surface area contributed by atoms with Crippen LogP contribution in [0.3, 0.4) is 0 Å². The van der Waals surface area contributed by atoms with Crippen molar-refractivity contribution in [1.82, 2.24) is 4.90 Å². The SMILES string of the molecule is C=CCN(C)CCCCCCOc1ccc(Cc2ccc(Br)cc2)c(F)c1. The van der Waals surface area contributed by atoms with Crippen LogP contribution in [-0.2, 0) is 6.42 Å². The van der Waals surface area contributed by atoms with Gasteiger partial charge in [0.2, 0.25) is 0 Å². The summed E-state index contributed by atoms with van der Waals surface area (Å²) in [5.74, 6) is 0.401. The highest BCUT2D eigenvalue weighted by atomic mass is 79.9. The smallest absolute Gasteiger partial charge is 0.130 e. The molecule has 0 radical (unpaired) electrons. The van der Waals surface area contributed by atoms with Crippen LogP contribution < -0.4 is 4.74 Å². The van der Waals surface area contributed by atoms with Crippen molar-refractivity contribution < 1.29 is 9.13 Å². The molecule has 0 N–H and O–H groups in total. The fraction of sp³-hybridized carbons (Fsp3) is 0.391. The number of nitrogens with zero attached hydrogens (tertiary/aromatic N) is 1. The molecular formula is C23H29BrFNO. The minimum atomic E-state index is -0.208. The van der Waals surface area contributed by atoms with Crippen LogP contribution in [0.5, 0.6) is 5.75 Å². The molecule has 0 bridgehead atoms. The van der Waals surface area contributed by atoms with E-state index in [2.05, 4.69) is 34.5 Å². The van der Waals surface area contributed by atoms with Crippen molar-refractivity contribution in [1.29, 1.82) is 0 Å². The molecule has 0 aliphatic rings. The third-order valence-electron chi connectivity index (χ3n) is 4.48. The first-order chi connectivity index (χ1) is 13.1. The van der Waals surface area contributed by atoms with Crippen LogP contribution in [0.4, 0.5) is 4.39 Å². The summed E-state index contributed by atoms with van der Waals surface area (Å²) < 4.78 is 21.1. The molecule has 0 saturated heterocycles. The number of ether oxygens (including phenoxy) is 1. The van der Waals surface area contributed by atoms with E-state index in [1.54, 1.807) is 0 Å². The van der Waals surface area contributed by atoms with E-state index in [0.717, 1.165) is 36.0 Å². The van der Waals surface area contributed by atoms with Crippen LogP contribution in [0.2, 0.25) is 0 Å². The van der Waals surface area contributed by atoms with E-state index in [4.69, 9.17) is 4.74 Å². The summed E-state index contributed by atoms with van der Waals surface area (Å²) in [6.07, 6.45) is 7.01. The molecule has 2 rings (SSSR count). The summed E-state index contributed by atoms with van der Waals surface area (Å²) in [6, 6.07) is 13.1. The Morgan fingerprint density at radius 3 is 2.52 bits per heavy atom. The second-order valence-electron chi connectivity index (χ2n) is 6.87.